The molecule has 0 unspecified atom stereocenters. The molecule has 1 aliphatic carbocycles. The zero-order chi connectivity index (χ0) is 12.0. The first kappa shape index (κ1) is 10.6. The van der Waals surface area contributed by atoms with Crippen molar-refractivity contribution < 1.29 is 0 Å². The van der Waals surface area contributed by atoms with E-state index < -0.39 is 0 Å². The van der Waals surface area contributed by atoms with Crippen LogP contribution in [0.1, 0.15) is 42.0 Å². The summed E-state index contributed by atoms with van der Waals surface area (Å²) in [6.45, 7) is 6.83. The van der Waals surface area contributed by atoms with Crippen molar-refractivity contribution in [2.75, 3.05) is 0 Å². The summed E-state index contributed by atoms with van der Waals surface area (Å²) in [4.78, 5) is 0. The first-order valence-electron chi connectivity index (χ1n) is 6.39. The van der Waals surface area contributed by atoms with Crippen molar-refractivity contribution in [1.82, 2.24) is 0 Å². The van der Waals surface area contributed by atoms with Crippen molar-refractivity contribution in [3.8, 4) is 11.1 Å². The van der Waals surface area contributed by atoms with Crippen molar-refractivity contribution in [3.63, 3.8) is 0 Å². The van der Waals surface area contributed by atoms with E-state index in [2.05, 4.69) is 57.2 Å². The monoisotopic (exact) mass is 222 g/mol. The smallest absolute Gasteiger partial charge is 0.00105 e. The second kappa shape index (κ2) is 3.73. The molecule has 0 heterocycles. The summed E-state index contributed by atoms with van der Waals surface area (Å²) in [5, 5.41) is 0. The van der Waals surface area contributed by atoms with Gasteiger partial charge < -0.3 is 0 Å². The fourth-order valence-electron chi connectivity index (χ4n) is 3.16. The van der Waals surface area contributed by atoms with Gasteiger partial charge >= 0.3 is 0 Å². The fourth-order valence-corrected chi connectivity index (χ4v) is 3.16. The predicted octanol–water partition coefficient (Wildman–Crippen LogP) is 4.69. The highest BCUT2D eigenvalue weighted by molar-refractivity contribution is 5.78. The Balaban J connectivity index is 2.27. The summed E-state index contributed by atoms with van der Waals surface area (Å²) < 4.78 is 0. The van der Waals surface area contributed by atoms with Gasteiger partial charge in [0, 0.05) is 0 Å². The summed E-state index contributed by atoms with van der Waals surface area (Å²) in [5.74, 6) is 0.610. The standard InChI is InChI=1S/C17H18/c1-11(2)17-12(3)8-9-15-14-7-5-4-6-13(14)10-16(15)17/h4-9,11H,10H2,1-3H3. The van der Waals surface area contributed by atoms with Crippen LogP contribution >= 0.6 is 0 Å². The van der Waals surface area contributed by atoms with Crippen molar-refractivity contribution in [2.45, 2.75) is 33.1 Å². The Hall–Kier alpha value is -1.56. The van der Waals surface area contributed by atoms with E-state index in [9.17, 15) is 0 Å². The molecule has 17 heavy (non-hydrogen) atoms. The molecule has 0 nitrogen and oxygen atoms in total. The van der Waals surface area contributed by atoms with E-state index in [-0.39, 0.29) is 0 Å². The van der Waals surface area contributed by atoms with Crippen LogP contribution in [0.5, 0.6) is 0 Å². The van der Waals surface area contributed by atoms with E-state index in [0.717, 1.165) is 6.42 Å². The predicted molar refractivity (Wildman–Crippen MR) is 73.5 cm³/mol. The molecule has 0 atom stereocenters. The highest BCUT2D eigenvalue weighted by atomic mass is 14.3. The molecular formula is C17H18. The second-order valence-electron chi connectivity index (χ2n) is 5.31. The molecule has 0 aromatic heterocycles. The quantitative estimate of drug-likeness (QED) is 0.560. The van der Waals surface area contributed by atoms with Crippen molar-refractivity contribution >= 4 is 0 Å². The minimum Gasteiger partial charge on any atom is -0.0619 e. The molecule has 0 saturated carbocycles. The zero-order valence-electron chi connectivity index (χ0n) is 10.7. The average molecular weight is 222 g/mol. The van der Waals surface area contributed by atoms with Gasteiger partial charge in [-0.3, -0.25) is 0 Å². The lowest BCUT2D eigenvalue weighted by molar-refractivity contribution is 0.842. The van der Waals surface area contributed by atoms with E-state index in [0.29, 0.717) is 5.92 Å². The Morgan fingerprint density at radius 3 is 2.47 bits per heavy atom. The molecule has 0 heteroatoms. The van der Waals surface area contributed by atoms with Gasteiger partial charge in [0.25, 0.3) is 0 Å². The topological polar surface area (TPSA) is 0 Å². The van der Waals surface area contributed by atoms with E-state index in [1.807, 2.05) is 0 Å². The van der Waals surface area contributed by atoms with Crippen LogP contribution in [0, 0.1) is 6.92 Å². The number of hydrogen-bond acceptors (Lipinski definition) is 0. The number of aryl methyl sites for hydroxylation is 1. The maximum Gasteiger partial charge on any atom is -0.00105 e. The van der Waals surface area contributed by atoms with Gasteiger partial charge in [-0.1, -0.05) is 50.2 Å². The van der Waals surface area contributed by atoms with Crippen LogP contribution in [0.4, 0.5) is 0 Å². The second-order valence-corrected chi connectivity index (χ2v) is 5.31. The molecule has 2 aromatic carbocycles. The molecule has 0 bridgehead atoms. The molecule has 0 radical (unpaired) electrons. The van der Waals surface area contributed by atoms with E-state index >= 15 is 0 Å². The Labute approximate surface area is 103 Å². The highest BCUT2D eigenvalue weighted by Gasteiger charge is 2.22. The SMILES string of the molecule is Cc1ccc2c(c1C(C)C)Cc1ccccc1-2. The van der Waals surface area contributed by atoms with Crippen LogP contribution in [0.25, 0.3) is 11.1 Å². The molecular weight excluding hydrogens is 204 g/mol. The van der Waals surface area contributed by atoms with Crippen LogP contribution in [0.2, 0.25) is 0 Å². The van der Waals surface area contributed by atoms with Crippen LogP contribution < -0.4 is 0 Å². The van der Waals surface area contributed by atoms with Crippen molar-refractivity contribution in [1.29, 1.82) is 0 Å². The summed E-state index contributed by atoms with van der Waals surface area (Å²) in [6, 6.07) is 13.4. The number of rotatable bonds is 1. The molecule has 1 aliphatic rings. The largest absolute Gasteiger partial charge is 0.0619 e. The van der Waals surface area contributed by atoms with Crippen molar-refractivity contribution in [2.24, 2.45) is 0 Å². The van der Waals surface area contributed by atoms with Gasteiger partial charge in [-0.2, -0.15) is 0 Å². The summed E-state index contributed by atoms with van der Waals surface area (Å²) in [6.07, 6.45) is 1.11. The van der Waals surface area contributed by atoms with Crippen LogP contribution in [-0.2, 0) is 6.42 Å². The van der Waals surface area contributed by atoms with Gasteiger partial charge in [0.1, 0.15) is 0 Å². The third-order valence-corrected chi connectivity index (χ3v) is 3.83. The van der Waals surface area contributed by atoms with E-state index in [4.69, 9.17) is 0 Å². The number of benzene rings is 2. The molecule has 0 aliphatic heterocycles. The Kier molecular flexibility index (Phi) is 2.32. The van der Waals surface area contributed by atoms with Gasteiger partial charge in [-0.15, -0.1) is 0 Å². The summed E-state index contributed by atoms with van der Waals surface area (Å²) >= 11 is 0. The lowest BCUT2D eigenvalue weighted by atomic mass is 9.90. The van der Waals surface area contributed by atoms with Gasteiger partial charge in [-0.05, 0) is 52.6 Å². The zero-order valence-corrected chi connectivity index (χ0v) is 10.7. The lowest BCUT2D eigenvalue weighted by Crippen LogP contribution is -1.98. The Morgan fingerprint density at radius 1 is 0.941 bits per heavy atom. The molecule has 0 N–H and O–H groups in total. The van der Waals surface area contributed by atoms with Gasteiger partial charge in [-0.25, -0.2) is 0 Å². The van der Waals surface area contributed by atoms with E-state index in [1.165, 1.54) is 22.3 Å². The first-order chi connectivity index (χ1) is 8.18. The minimum absolute atomic E-state index is 0.610. The maximum atomic E-state index is 2.30. The van der Waals surface area contributed by atoms with Crippen LogP contribution in [0.15, 0.2) is 36.4 Å². The third kappa shape index (κ3) is 1.51. The molecule has 0 saturated heterocycles. The molecule has 2 aromatic rings. The Bertz CT molecular complexity index is 577. The van der Waals surface area contributed by atoms with E-state index in [1.54, 1.807) is 11.1 Å². The molecule has 0 spiro atoms. The Morgan fingerprint density at radius 2 is 1.71 bits per heavy atom. The summed E-state index contributed by atoms with van der Waals surface area (Å²) in [5.41, 5.74) is 8.92. The maximum absolute atomic E-state index is 2.30. The number of fused-ring (bicyclic) bond motifs is 3. The normalized spacial score (nSPS) is 12.7. The van der Waals surface area contributed by atoms with Gasteiger partial charge in [0.15, 0.2) is 0 Å². The minimum atomic E-state index is 0.610. The fraction of sp³-hybridized carbons (Fsp3) is 0.294. The average Bonchev–Trinajstić information content (AvgIpc) is 2.66. The summed E-state index contributed by atoms with van der Waals surface area (Å²) in [7, 11) is 0. The first-order valence-corrected chi connectivity index (χ1v) is 6.39. The number of hydrogen-bond donors (Lipinski definition) is 0. The molecule has 0 fully saturated rings. The van der Waals surface area contributed by atoms with Crippen LogP contribution in [-0.4, -0.2) is 0 Å². The van der Waals surface area contributed by atoms with Gasteiger partial charge in [0.2, 0.25) is 0 Å². The highest BCUT2D eigenvalue weighted by Crippen LogP contribution is 2.41. The molecule has 3 rings (SSSR count). The lowest BCUT2D eigenvalue weighted by Gasteiger charge is -2.15. The van der Waals surface area contributed by atoms with Crippen LogP contribution in [0.3, 0.4) is 0 Å². The van der Waals surface area contributed by atoms with Crippen molar-refractivity contribution in [3.05, 3.63) is 58.7 Å². The molecule has 0 amide bonds. The molecule has 86 valence electrons. The van der Waals surface area contributed by atoms with Gasteiger partial charge in [0.05, 0.1) is 0 Å². The third-order valence-electron chi connectivity index (χ3n) is 3.83.